The summed E-state index contributed by atoms with van der Waals surface area (Å²) in [6.07, 6.45) is 3.57. The predicted molar refractivity (Wildman–Crippen MR) is 56.1 cm³/mol. The highest BCUT2D eigenvalue weighted by atomic mass is 16.5. The lowest BCUT2D eigenvalue weighted by molar-refractivity contribution is -0.137. The van der Waals surface area contributed by atoms with E-state index >= 15 is 0 Å². The van der Waals surface area contributed by atoms with Crippen molar-refractivity contribution in [1.29, 1.82) is 0 Å². The van der Waals surface area contributed by atoms with Gasteiger partial charge < -0.3 is 9.64 Å². The minimum absolute atomic E-state index is 0.154. The second-order valence-electron chi connectivity index (χ2n) is 3.87. The van der Waals surface area contributed by atoms with Crippen molar-refractivity contribution in [1.82, 2.24) is 4.90 Å². The van der Waals surface area contributed by atoms with Crippen LogP contribution in [0.4, 0.5) is 0 Å². The van der Waals surface area contributed by atoms with Crippen molar-refractivity contribution < 1.29 is 9.53 Å². The van der Waals surface area contributed by atoms with E-state index in [0.717, 1.165) is 31.8 Å². The lowest BCUT2D eigenvalue weighted by Crippen LogP contribution is -2.40. The number of ether oxygens (including phenoxy) is 1. The largest absolute Gasteiger partial charge is 0.372 e. The quantitative estimate of drug-likeness (QED) is 0.689. The van der Waals surface area contributed by atoms with Crippen molar-refractivity contribution in [2.75, 3.05) is 26.3 Å². The second kappa shape index (κ2) is 6.02. The Morgan fingerprint density at radius 2 is 2.00 bits per heavy atom. The maximum Gasteiger partial charge on any atom is 0.248 e. The molecule has 0 aliphatic carbocycles. The summed E-state index contributed by atoms with van der Waals surface area (Å²) in [7, 11) is 0. The van der Waals surface area contributed by atoms with Crippen LogP contribution in [0.25, 0.3) is 0 Å². The molecular formula is C11H21NO2. The molecule has 0 N–H and O–H groups in total. The Balaban J connectivity index is 2.23. The van der Waals surface area contributed by atoms with Gasteiger partial charge in [-0.2, -0.15) is 0 Å². The van der Waals surface area contributed by atoms with Gasteiger partial charge in [0.25, 0.3) is 0 Å². The molecule has 1 saturated heterocycles. The monoisotopic (exact) mass is 199 g/mol. The van der Waals surface area contributed by atoms with Crippen LogP contribution >= 0.6 is 0 Å². The number of carbonyl (C=O) groups is 1. The molecule has 0 unspecified atom stereocenters. The third-order valence-corrected chi connectivity index (χ3v) is 2.97. The van der Waals surface area contributed by atoms with E-state index in [1.165, 1.54) is 6.42 Å². The van der Waals surface area contributed by atoms with E-state index < -0.39 is 0 Å². The SMILES string of the molecule is CCOCC(=O)N1CCC(CC)CC1. The van der Waals surface area contributed by atoms with Gasteiger partial charge in [0.2, 0.25) is 5.91 Å². The first-order chi connectivity index (χ1) is 6.77. The summed E-state index contributed by atoms with van der Waals surface area (Å²) in [6.45, 7) is 6.86. The Hall–Kier alpha value is -0.570. The number of hydrogen-bond donors (Lipinski definition) is 0. The first-order valence-electron chi connectivity index (χ1n) is 5.63. The predicted octanol–water partition coefficient (Wildman–Crippen LogP) is 1.67. The van der Waals surface area contributed by atoms with E-state index in [4.69, 9.17) is 4.74 Å². The maximum absolute atomic E-state index is 11.6. The van der Waals surface area contributed by atoms with Crippen molar-refractivity contribution in [2.45, 2.75) is 33.1 Å². The van der Waals surface area contributed by atoms with Crippen molar-refractivity contribution in [2.24, 2.45) is 5.92 Å². The Labute approximate surface area is 86.4 Å². The number of rotatable bonds is 4. The molecule has 3 heteroatoms. The van der Waals surface area contributed by atoms with Gasteiger partial charge in [0, 0.05) is 19.7 Å². The van der Waals surface area contributed by atoms with Crippen molar-refractivity contribution in [3.05, 3.63) is 0 Å². The van der Waals surface area contributed by atoms with Crippen LogP contribution in [0.3, 0.4) is 0 Å². The van der Waals surface area contributed by atoms with Gasteiger partial charge in [-0.15, -0.1) is 0 Å². The van der Waals surface area contributed by atoms with E-state index in [0.29, 0.717) is 6.61 Å². The summed E-state index contributed by atoms with van der Waals surface area (Å²) in [5.41, 5.74) is 0. The molecule has 1 fully saturated rings. The standard InChI is InChI=1S/C11H21NO2/c1-3-10-5-7-12(8-6-10)11(13)9-14-4-2/h10H,3-9H2,1-2H3. The summed E-state index contributed by atoms with van der Waals surface area (Å²) < 4.78 is 5.11. The number of likely N-dealkylation sites (tertiary alicyclic amines) is 1. The fourth-order valence-electron chi connectivity index (χ4n) is 1.87. The zero-order valence-corrected chi connectivity index (χ0v) is 9.29. The van der Waals surface area contributed by atoms with Crippen LogP contribution in [0.2, 0.25) is 0 Å². The van der Waals surface area contributed by atoms with Gasteiger partial charge in [0.15, 0.2) is 0 Å². The molecule has 82 valence electrons. The van der Waals surface area contributed by atoms with Gasteiger partial charge in [0.05, 0.1) is 0 Å². The molecule has 0 aromatic carbocycles. The summed E-state index contributed by atoms with van der Waals surface area (Å²) in [5, 5.41) is 0. The zero-order valence-electron chi connectivity index (χ0n) is 9.29. The molecular weight excluding hydrogens is 178 g/mol. The topological polar surface area (TPSA) is 29.5 Å². The molecule has 14 heavy (non-hydrogen) atoms. The molecule has 1 amide bonds. The van der Waals surface area contributed by atoms with Crippen molar-refractivity contribution in [3.63, 3.8) is 0 Å². The van der Waals surface area contributed by atoms with Crippen LogP contribution in [-0.2, 0) is 9.53 Å². The van der Waals surface area contributed by atoms with E-state index in [2.05, 4.69) is 6.92 Å². The Morgan fingerprint density at radius 3 is 2.50 bits per heavy atom. The average molecular weight is 199 g/mol. The fourth-order valence-corrected chi connectivity index (χ4v) is 1.87. The highest BCUT2D eigenvalue weighted by molar-refractivity contribution is 5.77. The van der Waals surface area contributed by atoms with E-state index in [-0.39, 0.29) is 12.5 Å². The van der Waals surface area contributed by atoms with Crippen molar-refractivity contribution >= 4 is 5.91 Å². The highest BCUT2D eigenvalue weighted by Crippen LogP contribution is 2.19. The van der Waals surface area contributed by atoms with Crippen LogP contribution in [0.1, 0.15) is 33.1 Å². The van der Waals surface area contributed by atoms with E-state index in [1.54, 1.807) is 0 Å². The normalized spacial score (nSPS) is 18.6. The first kappa shape index (κ1) is 11.5. The number of hydrogen-bond acceptors (Lipinski definition) is 2. The van der Waals surface area contributed by atoms with Crippen molar-refractivity contribution in [3.8, 4) is 0 Å². The van der Waals surface area contributed by atoms with Crippen LogP contribution < -0.4 is 0 Å². The van der Waals surface area contributed by atoms with Crippen LogP contribution in [0.15, 0.2) is 0 Å². The molecule has 0 spiro atoms. The first-order valence-corrected chi connectivity index (χ1v) is 5.63. The number of carbonyl (C=O) groups excluding carboxylic acids is 1. The highest BCUT2D eigenvalue weighted by Gasteiger charge is 2.21. The number of amides is 1. The lowest BCUT2D eigenvalue weighted by Gasteiger charge is -2.31. The van der Waals surface area contributed by atoms with Crippen LogP contribution in [0, 0.1) is 5.92 Å². The average Bonchev–Trinajstić information content (AvgIpc) is 2.26. The van der Waals surface area contributed by atoms with Gasteiger partial charge in [-0.1, -0.05) is 13.3 Å². The molecule has 3 nitrogen and oxygen atoms in total. The smallest absolute Gasteiger partial charge is 0.248 e. The summed E-state index contributed by atoms with van der Waals surface area (Å²) >= 11 is 0. The Morgan fingerprint density at radius 1 is 1.36 bits per heavy atom. The Kier molecular flexibility index (Phi) is 4.94. The molecule has 0 atom stereocenters. The fraction of sp³-hybridized carbons (Fsp3) is 0.909. The number of piperidine rings is 1. The maximum atomic E-state index is 11.6. The van der Waals surface area contributed by atoms with Gasteiger partial charge >= 0.3 is 0 Å². The minimum atomic E-state index is 0.154. The third kappa shape index (κ3) is 3.29. The molecule has 1 aliphatic rings. The van der Waals surface area contributed by atoms with Crippen LogP contribution in [-0.4, -0.2) is 37.1 Å². The molecule has 1 rings (SSSR count). The molecule has 0 aromatic rings. The Bertz CT molecular complexity index is 174. The molecule has 1 aliphatic heterocycles. The van der Waals surface area contributed by atoms with Gasteiger partial charge in [0.1, 0.15) is 6.61 Å². The van der Waals surface area contributed by atoms with Gasteiger partial charge in [-0.25, -0.2) is 0 Å². The minimum Gasteiger partial charge on any atom is -0.372 e. The van der Waals surface area contributed by atoms with Crippen LogP contribution in [0.5, 0.6) is 0 Å². The van der Waals surface area contributed by atoms with Gasteiger partial charge in [-0.3, -0.25) is 4.79 Å². The zero-order chi connectivity index (χ0) is 10.4. The van der Waals surface area contributed by atoms with E-state index in [9.17, 15) is 4.79 Å². The molecule has 0 radical (unpaired) electrons. The molecule has 1 heterocycles. The van der Waals surface area contributed by atoms with Gasteiger partial charge in [-0.05, 0) is 25.7 Å². The summed E-state index contributed by atoms with van der Waals surface area (Å²) in [6, 6.07) is 0. The second-order valence-corrected chi connectivity index (χ2v) is 3.87. The number of nitrogens with zero attached hydrogens (tertiary/aromatic N) is 1. The molecule has 0 saturated carbocycles. The summed E-state index contributed by atoms with van der Waals surface area (Å²) in [4.78, 5) is 13.5. The summed E-state index contributed by atoms with van der Waals surface area (Å²) in [5.74, 6) is 0.979. The molecule has 0 aromatic heterocycles. The lowest BCUT2D eigenvalue weighted by atomic mass is 9.94. The molecule has 0 bridgehead atoms. The van der Waals surface area contributed by atoms with E-state index in [1.807, 2.05) is 11.8 Å². The third-order valence-electron chi connectivity index (χ3n) is 2.97.